The standard InChI is InChI=1S/C8H8N2O4.K/c1-5(11)9-7-3-2-6(10(13)14)4-8(7)12;/h2-4,12H,1H3,(H,9,11);/q;+1/p-1. The smallest absolute Gasteiger partial charge is 0.871 e. The summed E-state index contributed by atoms with van der Waals surface area (Å²) in [5, 5.41) is 23.7. The number of non-ortho nitro benzene ring substituents is 1. The number of nitrogens with zero attached hydrogens (tertiary/aromatic N) is 1. The molecule has 0 aliphatic heterocycles. The fourth-order valence-electron chi connectivity index (χ4n) is 0.918. The van der Waals surface area contributed by atoms with Crippen LogP contribution >= 0.6 is 0 Å². The Balaban J connectivity index is 0.00000196. The van der Waals surface area contributed by atoms with Crippen molar-refractivity contribution in [3.8, 4) is 5.75 Å². The Bertz CT molecular complexity index is 394. The fourth-order valence-corrected chi connectivity index (χ4v) is 0.918. The van der Waals surface area contributed by atoms with E-state index in [0.29, 0.717) is 0 Å². The molecule has 0 bridgehead atoms. The minimum Gasteiger partial charge on any atom is -0.871 e. The van der Waals surface area contributed by atoms with Gasteiger partial charge in [0, 0.05) is 24.7 Å². The number of hydrogen-bond donors (Lipinski definition) is 1. The first-order valence-electron chi connectivity index (χ1n) is 3.74. The summed E-state index contributed by atoms with van der Waals surface area (Å²) in [6.07, 6.45) is 0. The van der Waals surface area contributed by atoms with Crippen molar-refractivity contribution in [3.63, 3.8) is 0 Å². The van der Waals surface area contributed by atoms with Crippen molar-refractivity contribution in [1.82, 2.24) is 0 Å². The largest absolute Gasteiger partial charge is 1.00 e. The van der Waals surface area contributed by atoms with Crippen molar-refractivity contribution in [2.24, 2.45) is 0 Å². The number of carbonyl (C=O) groups is 1. The summed E-state index contributed by atoms with van der Waals surface area (Å²) in [7, 11) is 0. The van der Waals surface area contributed by atoms with Gasteiger partial charge in [0.05, 0.1) is 4.92 Å². The summed E-state index contributed by atoms with van der Waals surface area (Å²) in [6, 6.07) is 3.24. The molecule has 0 fully saturated rings. The third kappa shape index (κ3) is 4.27. The molecule has 1 rings (SSSR count). The molecule has 0 aliphatic rings. The summed E-state index contributed by atoms with van der Waals surface area (Å²) < 4.78 is 0. The molecule has 6 nitrogen and oxygen atoms in total. The van der Waals surface area contributed by atoms with E-state index in [1.54, 1.807) is 0 Å². The molecule has 0 spiro atoms. The molecule has 15 heavy (non-hydrogen) atoms. The van der Waals surface area contributed by atoms with Crippen LogP contribution in [0.5, 0.6) is 5.75 Å². The Labute approximate surface area is 128 Å². The first-order chi connectivity index (χ1) is 6.50. The molecular formula is C8H7KN2O4. The normalized spacial score (nSPS) is 8.87. The van der Waals surface area contributed by atoms with Crippen molar-refractivity contribution in [1.29, 1.82) is 0 Å². The van der Waals surface area contributed by atoms with Gasteiger partial charge in [0.2, 0.25) is 5.91 Å². The first kappa shape index (κ1) is 14.5. The zero-order valence-electron chi connectivity index (χ0n) is 8.31. The quantitative estimate of drug-likeness (QED) is 0.351. The molecule has 1 N–H and O–H groups in total. The van der Waals surface area contributed by atoms with Gasteiger partial charge in [0.25, 0.3) is 5.69 Å². The van der Waals surface area contributed by atoms with Crippen molar-refractivity contribution < 1.29 is 66.2 Å². The van der Waals surface area contributed by atoms with Crippen LogP contribution in [0.15, 0.2) is 18.2 Å². The van der Waals surface area contributed by atoms with E-state index >= 15 is 0 Å². The molecule has 0 saturated carbocycles. The number of rotatable bonds is 2. The number of carbonyl (C=O) groups excluding carboxylic acids is 1. The molecule has 0 aliphatic carbocycles. The second-order valence-corrected chi connectivity index (χ2v) is 2.62. The molecule has 0 heterocycles. The Morgan fingerprint density at radius 1 is 1.47 bits per heavy atom. The monoisotopic (exact) mass is 234 g/mol. The molecule has 74 valence electrons. The van der Waals surface area contributed by atoms with Gasteiger partial charge in [-0.2, -0.15) is 0 Å². The minimum atomic E-state index is -0.668. The molecule has 1 amide bonds. The predicted octanol–water partition coefficient (Wildman–Crippen LogP) is -2.37. The van der Waals surface area contributed by atoms with Gasteiger partial charge >= 0.3 is 51.4 Å². The van der Waals surface area contributed by atoms with Crippen molar-refractivity contribution in [3.05, 3.63) is 28.3 Å². The van der Waals surface area contributed by atoms with E-state index in [4.69, 9.17) is 0 Å². The number of anilines is 1. The predicted molar refractivity (Wildman–Crippen MR) is 46.8 cm³/mol. The Morgan fingerprint density at radius 3 is 2.47 bits per heavy atom. The van der Waals surface area contributed by atoms with E-state index in [2.05, 4.69) is 5.32 Å². The zero-order chi connectivity index (χ0) is 10.7. The average Bonchev–Trinajstić information content (AvgIpc) is 2.07. The van der Waals surface area contributed by atoms with E-state index in [-0.39, 0.29) is 62.8 Å². The van der Waals surface area contributed by atoms with Gasteiger partial charge in [-0.15, -0.1) is 0 Å². The molecule has 0 saturated heterocycles. The van der Waals surface area contributed by atoms with E-state index in [1.807, 2.05) is 0 Å². The van der Waals surface area contributed by atoms with Crippen LogP contribution in [-0.2, 0) is 4.79 Å². The summed E-state index contributed by atoms with van der Waals surface area (Å²) in [5.41, 5.74) is -0.243. The van der Waals surface area contributed by atoms with Crippen LogP contribution in [0.2, 0.25) is 0 Å². The van der Waals surface area contributed by atoms with Gasteiger partial charge in [0.1, 0.15) is 0 Å². The summed E-state index contributed by atoms with van der Waals surface area (Å²) in [5.74, 6) is -0.967. The van der Waals surface area contributed by atoms with E-state index in [9.17, 15) is 20.0 Å². The molecule has 1 aromatic rings. The van der Waals surface area contributed by atoms with Crippen LogP contribution in [0.1, 0.15) is 6.92 Å². The first-order valence-corrected chi connectivity index (χ1v) is 3.74. The fraction of sp³-hybridized carbons (Fsp3) is 0.125. The van der Waals surface area contributed by atoms with Crippen LogP contribution in [-0.4, -0.2) is 10.8 Å². The number of nitro groups is 1. The average molecular weight is 234 g/mol. The van der Waals surface area contributed by atoms with Gasteiger partial charge in [-0.25, -0.2) is 0 Å². The van der Waals surface area contributed by atoms with E-state index < -0.39 is 16.6 Å². The van der Waals surface area contributed by atoms with Gasteiger partial charge in [-0.05, 0) is 6.07 Å². The second-order valence-electron chi connectivity index (χ2n) is 2.62. The minimum absolute atomic E-state index is 0. The van der Waals surface area contributed by atoms with Gasteiger partial charge in [-0.1, -0.05) is 5.75 Å². The summed E-state index contributed by atoms with van der Waals surface area (Å²) in [4.78, 5) is 20.2. The van der Waals surface area contributed by atoms with Crippen LogP contribution in [0, 0.1) is 10.1 Å². The van der Waals surface area contributed by atoms with Gasteiger partial charge < -0.3 is 10.4 Å². The third-order valence-electron chi connectivity index (χ3n) is 1.49. The van der Waals surface area contributed by atoms with Crippen molar-refractivity contribution in [2.45, 2.75) is 6.92 Å². The van der Waals surface area contributed by atoms with Crippen LogP contribution in [0.4, 0.5) is 11.4 Å². The van der Waals surface area contributed by atoms with E-state index in [0.717, 1.165) is 12.1 Å². The number of nitro benzene ring substituents is 1. The van der Waals surface area contributed by atoms with E-state index in [1.165, 1.54) is 13.0 Å². The van der Waals surface area contributed by atoms with Gasteiger partial charge in [0.15, 0.2) is 0 Å². The second kappa shape index (κ2) is 6.18. The SMILES string of the molecule is CC(=O)Nc1ccc([N+](=O)[O-])cc1[O-].[K+]. The van der Waals surface area contributed by atoms with Crippen LogP contribution in [0.3, 0.4) is 0 Å². The third-order valence-corrected chi connectivity index (χ3v) is 1.49. The number of amides is 1. The molecule has 0 radical (unpaired) electrons. The Hall–Kier alpha value is -0.474. The zero-order valence-corrected chi connectivity index (χ0v) is 11.4. The van der Waals surface area contributed by atoms with Crippen LogP contribution in [0.25, 0.3) is 0 Å². The maximum atomic E-state index is 11.2. The van der Waals surface area contributed by atoms with Crippen molar-refractivity contribution in [2.75, 3.05) is 5.32 Å². The maximum Gasteiger partial charge on any atom is 1.00 e. The Kier molecular flexibility index (Phi) is 5.99. The number of benzene rings is 1. The maximum absolute atomic E-state index is 11.2. The molecule has 0 unspecified atom stereocenters. The molecule has 7 heteroatoms. The Morgan fingerprint density at radius 2 is 2.07 bits per heavy atom. The van der Waals surface area contributed by atoms with Crippen molar-refractivity contribution >= 4 is 17.3 Å². The number of nitrogens with one attached hydrogen (secondary N) is 1. The topological polar surface area (TPSA) is 95.3 Å². The molecule has 0 aromatic heterocycles. The summed E-state index contributed by atoms with van der Waals surface area (Å²) in [6.45, 7) is 1.25. The molecule has 1 aromatic carbocycles. The summed E-state index contributed by atoms with van der Waals surface area (Å²) >= 11 is 0. The van der Waals surface area contributed by atoms with Crippen LogP contribution < -0.4 is 61.8 Å². The number of hydrogen-bond acceptors (Lipinski definition) is 4. The van der Waals surface area contributed by atoms with Gasteiger partial charge in [-0.3, -0.25) is 14.9 Å². The molecular weight excluding hydrogens is 227 g/mol. The molecule has 0 atom stereocenters.